The molecule has 0 fully saturated rings. The first-order valence-electron chi connectivity index (χ1n) is 2.39. The van der Waals surface area contributed by atoms with Crippen LogP contribution in [0.25, 0.3) is 0 Å². The Morgan fingerprint density at radius 3 is 3.00 bits per heavy atom. The molecule has 48 valence electrons. The average molecular weight is 145 g/mol. The topological polar surface area (TPSA) is 45.4 Å². The van der Waals surface area contributed by atoms with Crippen molar-refractivity contribution in [3.05, 3.63) is 24.1 Å². The van der Waals surface area contributed by atoms with Gasteiger partial charge in [-0.3, -0.25) is 0 Å². The van der Waals surface area contributed by atoms with E-state index in [0.29, 0.717) is 0 Å². The molecule has 0 aromatic heterocycles. The first-order valence-corrected chi connectivity index (χ1v) is 2.83. The SMILES string of the molecule is N=NC1=CC=CC(Cl)O1. The molecule has 0 saturated carbocycles. The summed E-state index contributed by atoms with van der Waals surface area (Å²) in [7, 11) is 0. The fourth-order valence-electron chi connectivity index (χ4n) is 0.483. The summed E-state index contributed by atoms with van der Waals surface area (Å²) in [5.74, 6) is 0.248. The minimum atomic E-state index is -0.473. The minimum absolute atomic E-state index is 0.248. The van der Waals surface area contributed by atoms with Gasteiger partial charge in [-0.05, 0) is 6.08 Å². The second kappa shape index (κ2) is 2.64. The summed E-state index contributed by atoms with van der Waals surface area (Å²) >= 11 is 5.50. The summed E-state index contributed by atoms with van der Waals surface area (Å²) in [5.41, 5.74) is 6.05. The highest BCUT2D eigenvalue weighted by molar-refractivity contribution is 6.20. The Morgan fingerprint density at radius 2 is 2.56 bits per heavy atom. The lowest BCUT2D eigenvalue weighted by atomic mass is 10.4. The normalized spacial score (nSPS) is 24.6. The van der Waals surface area contributed by atoms with Crippen LogP contribution in [-0.4, -0.2) is 5.56 Å². The zero-order valence-corrected chi connectivity index (χ0v) is 5.30. The number of hydrogen-bond donors (Lipinski definition) is 1. The van der Waals surface area contributed by atoms with E-state index in [1.54, 1.807) is 18.2 Å². The van der Waals surface area contributed by atoms with Crippen molar-refractivity contribution in [1.29, 1.82) is 5.53 Å². The summed E-state index contributed by atoms with van der Waals surface area (Å²) < 4.78 is 4.82. The van der Waals surface area contributed by atoms with E-state index in [9.17, 15) is 0 Å². The molecule has 0 amide bonds. The molecule has 9 heavy (non-hydrogen) atoms. The van der Waals surface area contributed by atoms with Crippen LogP contribution in [0.1, 0.15) is 0 Å². The maximum atomic E-state index is 6.53. The summed E-state index contributed by atoms with van der Waals surface area (Å²) in [6.07, 6.45) is 4.94. The third-order valence-corrected chi connectivity index (χ3v) is 1.08. The number of nitrogens with zero attached hydrogens (tertiary/aromatic N) is 1. The summed E-state index contributed by atoms with van der Waals surface area (Å²) in [6.45, 7) is 0. The van der Waals surface area contributed by atoms with Gasteiger partial charge in [0.05, 0.1) is 0 Å². The molecule has 0 bridgehead atoms. The van der Waals surface area contributed by atoms with Crippen molar-refractivity contribution < 1.29 is 4.74 Å². The average Bonchev–Trinajstić information content (AvgIpc) is 1.88. The van der Waals surface area contributed by atoms with Crippen molar-refractivity contribution in [1.82, 2.24) is 0 Å². The number of halogens is 1. The smallest absolute Gasteiger partial charge is 0.234 e. The molecule has 0 saturated heterocycles. The van der Waals surface area contributed by atoms with Crippen LogP contribution in [0.2, 0.25) is 0 Å². The van der Waals surface area contributed by atoms with E-state index in [2.05, 4.69) is 5.11 Å². The Bertz CT molecular complexity index is 176. The molecule has 3 nitrogen and oxygen atoms in total. The van der Waals surface area contributed by atoms with Gasteiger partial charge in [-0.1, -0.05) is 17.7 Å². The first-order chi connectivity index (χ1) is 4.33. The third-order valence-electron chi connectivity index (χ3n) is 0.845. The summed E-state index contributed by atoms with van der Waals surface area (Å²) in [5, 5.41) is 3.05. The number of nitrogens with one attached hydrogen (secondary N) is 1. The Kier molecular flexibility index (Phi) is 1.85. The van der Waals surface area contributed by atoms with Crippen LogP contribution in [-0.2, 0) is 4.74 Å². The largest absolute Gasteiger partial charge is 0.453 e. The zero-order valence-electron chi connectivity index (χ0n) is 4.54. The number of ether oxygens (including phenoxy) is 1. The van der Waals surface area contributed by atoms with Crippen LogP contribution >= 0.6 is 11.6 Å². The molecule has 0 aromatic rings. The van der Waals surface area contributed by atoms with Gasteiger partial charge in [0.25, 0.3) is 0 Å². The lowest BCUT2D eigenvalue weighted by Crippen LogP contribution is -2.02. The van der Waals surface area contributed by atoms with Crippen molar-refractivity contribution in [2.45, 2.75) is 5.56 Å². The van der Waals surface area contributed by atoms with Gasteiger partial charge in [0.15, 0.2) is 5.56 Å². The fourth-order valence-corrected chi connectivity index (χ4v) is 0.658. The Labute approximate surface area is 57.5 Å². The molecule has 1 atom stereocenters. The van der Waals surface area contributed by atoms with Gasteiger partial charge in [0, 0.05) is 6.08 Å². The maximum absolute atomic E-state index is 6.53. The molecule has 1 aliphatic heterocycles. The highest BCUT2D eigenvalue weighted by Crippen LogP contribution is 2.13. The molecule has 1 aliphatic rings. The van der Waals surface area contributed by atoms with Crippen molar-refractivity contribution in [3.63, 3.8) is 0 Å². The van der Waals surface area contributed by atoms with Crippen molar-refractivity contribution >= 4 is 11.6 Å². The first kappa shape index (κ1) is 6.29. The number of alkyl halides is 1. The number of rotatable bonds is 1. The standard InChI is InChI=1S/C5H5ClN2O/c6-4-2-1-3-5(8-7)9-4/h1-4,7H. The minimum Gasteiger partial charge on any atom is -0.453 e. The van der Waals surface area contributed by atoms with E-state index in [1.807, 2.05) is 0 Å². The zero-order chi connectivity index (χ0) is 6.69. The molecule has 4 heteroatoms. The quantitative estimate of drug-likeness (QED) is 0.444. The Hall–Kier alpha value is -0.830. The van der Waals surface area contributed by atoms with Crippen LogP contribution in [0, 0.1) is 5.53 Å². The lowest BCUT2D eigenvalue weighted by Gasteiger charge is -2.09. The molecule has 0 spiro atoms. The van der Waals surface area contributed by atoms with Crippen LogP contribution in [0.4, 0.5) is 0 Å². The molecular weight excluding hydrogens is 140 g/mol. The van der Waals surface area contributed by atoms with E-state index in [4.69, 9.17) is 21.9 Å². The van der Waals surface area contributed by atoms with Crippen LogP contribution in [0.3, 0.4) is 0 Å². The number of hydrogen-bond acceptors (Lipinski definition) is 3. The lowest BCUT2D eigenvalue weighted by molar-refractivity contribution is 0.205. The van der Waals surface area contributed by atoms with Crippen LogP contribution < -0.4 is 0 Å². The maximum Gasteiger partial charge on any atom is 0.234 e. The summed E-state index contributed by atoms with van der Waals surface area (Å²) in [6, 6.07) is 0. The van der Waals surface area contributed by atoms with E-state index in [1.165, 1.54) is 0 Å². The van der Waals surface area contributed by atoms with Crippen molar-refractivity contribution in [3.8, 4) is 0 Å². The molecule has 0 radical (unpaired) electrons. The second-order valence-corrected chi connectivity index (χ2v) is 1.90. The number of allylic oxidation sites excluding steroid dienone is 2. The predicted octanol–water partition coefficient (Wildman–Crippen LogP) is 2.01. The van der Waals surface area contributed by atoms with E-state index >= 15 is 0 Å². The highest BCUT2D eigenvalue weighted by Gasteiger charge is 2.05. The second-order valence-electron chi connectivity index (χ2n) is 1.47. The third kappa shape index (κ3) is 1.54. The predicted molar refractivity (Wildman–Crippen MR) is 33.1 cm³/mol. The van der Waals surface area contributed by atoms with Gasteiger partial charge in [-0.15, -0.1) is 5.11 Å². The summed E-state index contributed by atoms with van der Waals surface area (Å²) in [4.78, 5) is 0. The Morgan fingerprint density at radius 1 is 1.78 bits per heavy atom. The molecule has 1 rings (SSSR count). The molecule has 0 aromatic carbocycles. The van der Waals surface area contributed by atoms with Gasteiger partial charge in [0.1, 0.15) is 0 Å². The molecular formula is C5H5ClN2O. The fraction of sp³-hybridized carbons (Fsp3) is 0.200. The van der Waals surface area contributed by atoms with Crippen LogP contribution in [0.15, 0.2) is 29.2 Å². The molecule has 1 unspecified atom stereocenters. The highest BCUT2D eigenvalue weighted by atomic mass is 35.5. The van der Waals surface area contributed by atoms with E-state index < -0.39 is 5.56 Å². The van der Waals surface area contributed by atoms with Gasteiger partial charge in [-0.25, -0.2) is 5.53 Å². The van der Waals surface area contributed by atoms with Gasteiger partial charge < -0.3 is 4.74 Å². The van der Waals surface area contributed by atoms with Gasteiger partial charge in [-0.2, -0.15) is 0 Å². The van der Waals surface area contributed by atoms with Crippen LogP contribution in [0.5, 0.6) is 0 Å². The van der Waals surface area contributed by atoms with E-state index in [-0.39, 0.29) is 5.88 Å². The van der Waals surface area contributed by atoms with Gasteiger partial charge in [0.2, 0.25) is 5.88 Å². The molecule has 1 N–H and O–H groups in total. The molecule has 0 aliphatic carbocycles. The van der Waals surface area contributed by atoms with E-state index in [0.717, 1.165) is 0 Å². The van der Waals surface area contributed by atoms with Gasteiger partial charge >= 0.3 is 0 Å². The van der Waals surface area contributed by atoms with Crippen molar-refractivity contribution in [2.24, 2.45) is 5.11 Å². The monoisotopic (exact) mass is 144 g/mol. The Balaban J connectivity index is 2.65. The van der Waals surface area contributed by atoms with Crippen molar-refractivity contribution in [2.75, 3.05) is 0 Å². The molecule has 1 heterocycles.